The van der Waals surface area contributed by atoms with Crippen LogP contribution in [0.2, 0.25) is 10.2 Å². The first-order valence-electron chi connectivity index (χ1n) is 5.11. The molecule has 0 aliphatic carbocycles. The Bertz CT molecular complexity index is 590. The predicted octanol–water partition coefficient (Wildman–Crippen LogP) is 2.68. The number of carbonyl (C=O) groups excluding carboxylic acids is 1. The molecule has 7 heteroatoms. The molecule has 2 heterocycles. The number of anilines is 1. The number of hydrogen-bond acceptors (Lipinski definition) is 3. The third-order valence-corrected chi connectivity index (χ3v) is 2.90. The molecule has 0 atom stereocenters. The van der Waals surface area contributed by atoms with Gasteiger partial charge >= 0.3 is 0 Å². The number of halogens is 2. The number of nitrogens with one attached hydrogen (secondary N) is 1. The Labute approximate surface area is 114 Å². The van der Waals surface area contributed by atoms with Gasteiger partial charge in [-0.1, -0.05) is 23.2 Å². The molecule has 0 spiro atoms. The van der Waals surface area contributed by atoms with E-state index in [4.69, 9.17) is 23.2 Å². The van der Waals surface area contributed by atoms with Crippen LogP contribution in [0.5, 0.6) is 0 Å². The summed E-state index contributed by atoms with van der Waals surface area (Å²) in [6.07, 6.45) is 0. The van der Waals surface area contributed by atoms with Gasteiger partial charge in [0.1, 0.15) is 10.8 Å². The molecule has 0 unspecified atom stereocenters. The number of rotatable bonds is 2. The van der Waals surface area contributed by atoms with E-state index in [1.165, 1.54) is 12.1 Å². The summed E-state index contributed by atoms with van der Waals surface area (Å²) >= 11 is 11.6. The van der Waals surface area contributed by atoms with Gasteiger partial charge in [0, 0.05) is 18.8 Å². The standard InChI is InChI=1S/C11H10Cl2N4O/c1-6-5-9(16-17(6)2)15-11(18)10-7(12)3-4-8(13)14-10/h3-5H,1-2H3,(H,15,16,18). The maximum atomic E-state index is 11.9. The first-order chi connectivity index (χ1) is 8.47. The van der Waals surface area contributed by atoms with Gasteiger partial charge in [0.05, 0.1) is 5.02 Å². The van der Waals surface area contributed by atoms with Gasteiger partial charge < -0.3 is 5.32 Å². The minimum absolute atomic E-state index is 0.0764. The van der Waals surface area contributed by atoms with Crippen molar-refractivity contribution in [1.29, 1.82) is 0 Å². The van der Waals surface area contributed by atoms with Gasteiger partial charge in [-0.25, -0.2) is 4.98 Å². The summed E-state index contributed by atoms with van der Waals surface area (Å²) in [6.45, 7) is 1.88. The third kappa shape index (κ3) is 2.63. The number of hydrogen-bond donors (Lipinski definition) is 1. The van der Waals surface area contributed by atoms with Crippen molar-refractivity contribution in [2.75, 3.05) is 5.32 Å². The van der Waals surface area contributed by atoms with E-state index in [-0.39, 0.29) is 15.9 Å². The lowest BCUT2D eigenvalue weighted by Crippen LogP contribution is -2.15. The second kappa shape index (κ2) is 4.96. The molecule has 5 nitrogen and oxygen atoms in total. The number of aryl methyl sites for hydroxylation is 2. The molecule has 1 amide bonds. The van der Waals surface area contributed by atoms with Crippen LogP contribution >= 0.6 is 23.2 Å². The summed E-state index contributed by atoms with van der Waals surface area (Å²) in [5, 5.41) is 7.17. The van der Waals surface area contributed by atoms with Crippen LogP contribution in [0, 0.1) is 6.92 Å². The molecule has 2 aromatic rings. The fraction of sp³-hybridized carbons (Fsp3) is 0.182. The van der Waals surface area contributed by atoms with Crippen LogP contribution in [-0.2, 0) is 7.05 Å². The Morgan fingerprint density at radius 1 is 1.39 bits per heavy atom. The van der Waals surface area contributed by atoms with Crippen LogP contribution in [0.4, 0.5) is 5.82 Å². The van der Waals surface area contributed by atoms with Crippen molar-refractivity contribution in [3.8, 4) is 0 Å². The highest BCUT2D eigenvalue weighted by Crippen LogP contribution is 2.18. The fourth-order valence-electron chi connectivity index (χ4n) is 1.37. The minimum Gasteiger partial charge on any atom is -0.304 e. The van der Waals surface area contributed by atoms with E-state index in [2.05, 4.69) is 15.4 Å². The molecule has 0 aromatic carbocycles. The van der Waals surface area contributed by atoms with E-state index in [1.54, 1.807) is 17.8 Å². The van der Waals surface area contributed by atoms with Crippen molar-refractivity contribution < 1.29 is 4.79 Å². The Kier molecular flexibility index (Phi) is 3.54. The van der Waals surface area contributed by atoms with Gasteiger partial charge in [-0.05, 0) is 19.1 Å². The molecule has 0 saturated heterocycles. The Balaban J connectivity index is 2.24. The molecular formula is C11H10Cl2N4O. The van der Waals surface area contributed by atoms with E-state index < -0.39 is 5.91 Å². The largest absolute Gasteiger partial charge is 0.304 e. The lowest BCUT2D eigenvalue weighted by molar-refractivity contribution is 0.102. The van der Waals surface area contributed by atoms with Crippen molar-refractivity contribution in [3.63, 3.8) is 0 Å². The zero-order chi connectivity index (χ0) is 13.3. The van der Waals surface area contributed by atoms with Crippen LogP contribution < -0.4 is 5.32 Å². The van der Waals surface area contributed by atoms with Crippen LogP contribution in [0.3, 0.4) is 0 Å². The van der Waals surface area contributed by atoms with Crippen molar-refractivity contribution in [3.05, 3.63) is 39.8 Å². The highest BCUT2D eigenvalue weighted by atomic mass is 35.5. The zero-order valence-corrected chi connectivity index (χ0v) is 11.2. The van der Waals surface area contributed by atoms with Gasteiger partial charge in [0.15, 0.2) is 5.82 Å². The second-order valence-corrected chi connectivity index (χ2v) is 4.51. The topological polar surface area (TPSA) is 59.8 Å². The van der Waals surface area contributed by atoms with E-state index >= 15 is 0 Å². The SMILES string of the molecule is Cc1cc(NC(=O)c2nc(Cl)ccc2Cl)nn1C. The molecule has 0 saturated carbocycles. The Morgan fingerprint density at radius 3 is 2.72 bits per heavy atom. The van der Waals surface area contributed by atoms with Crippen LogP contribution in [0.15, 0.2) is 18.2 Å². The average molecular weight is 285 g/mol. The molecule has 2 rings (SSSR count). The van der Waals surface area contributed by atoms with E-state index in [1.807, 2.05) is 6.92 Å². The molecular weight excluding hydrogens is 275 g/mol. The molecule has 0 fully saturated rings. The number of carbonyl (C=O) groups is 1. The molecule has 2 aromatic heterocycles. The highest BCUT2D eigenvalue weighted by molar-refractivity contribution is 6.35. The van der Waals surface area contributed by atoms with Crippen molar-refractivity contribution in [2.24, 2.45) is 7.05 Å². The maximum Gasteiger partial charge on any atom is 0.277 e. The molecule has 94 valence electrons. The molecule has 0 bridgehead atoms. The van der Waals surface area contributed by atoms with Gasteiger partial charge in [-0.2, -0.15) is 5.10 Å². The minimum atomic E-state index is -0.444. The average Bonchev–Trinajstić information content (AvgIpc) is 2.61. The number of amides is 1. The van der Waals surface area contributed by atoms with E-state index in [0.29, 0.717) is 5.82 Å². The Hall–Kier alpha value is -1.59. The molecule has 0 radical (unpaired) electrons. The van der Waals surface area contributed by atoms with Crippen LogP contribution in [0.1, 0.15) is 16.2 Å². The van der Waals surface area contributed by atoms with Crippen molar-refractivity contribution >= 4 is 34.9 Å². The molecule has 1 N–H and O–H groups in total. The zero-order valence-electron chi connectivity index (χ0n) is 9.74. The monoisotopic (exact) mass is 284 g/mol. The summed E-state index contributed by atoms with van der Waals surface area (Å²) < 4.78 is 1.66. The van der Waals surface area contributed by atoms with Gasteiger partial charge in [-0.3, -0.25) is 9.48 Å². The lowest BCUT2D eigenvalue weighted by atomic mass is 10.3. The fourth-order valence-corrected chi connectivity index (χ4v) is 1.71. The maximum absolute atomic E-state index is 11.9. The molecule has 18 heavy (non-hydrogen) atoms. The summed E-state index contributed by atoms with van der Waals surface area (Å²) in [5.41, 5.74) is 1.00. The summed E-state index contributed by atoms with van der Waals surface area (Å²) in [5.74, 6) is -0.00144. The smallest absolute Gasteiger partial charge is 0.277 e. The second-order valence-electron chi connectivity index (χ2n) is 3.71. The molecule has 0 aliphatic heterocycles. The summed E-state index contributed by atoms with van der Waals surface area (Å²) in [7, 11) is 1.79. The highest BCUT2D eigenvalue weighted by Gasteiger charge is 2.14. The van der Waals surface area contributed by atoms with E-state index in [0.717, 1.165) is 5.69 Å². The first-order valence-corrected chi connectivity index (χ1v) is 5.87. The number of nitrogens with zero attached hydrogens (tertiary/aromatic N) is 3. The van der Waals surface area contributed by atoms with Gasteiger partial charge in [0.2, 0.25) is 0 Å². The van der Waals surface area contributed by atoms with Crippen molar-refractivity contribution in [2.45, 2.75) is 6.92 Å². The van der Waals surface area contributed by atoms with Gasteiger partial charge in [0.25, 0.3) is 5.91 Å². The molecule has 0 aliphatic rings. The summed E-state index contributed by atoms with van der Waals surface area (Å²) in [4.78, 5) is 15.8. The van der Waals surface area contributed by atoms with Crippen LogP contribution in [-0.4, -0.2) is 20.7 Å². The lowest BCUT2D eigenvalue weighted by Gasteiger charge is -2.03. The normalized spacial score (nSPS) is 10.4. The number of pyridine rings is 1. The first kappa shape index (κ1) is 12.9. The third-order valence-electron chi connectivity index (χ3n) is 2.38. The Morgan fingerprint density at radius 2 is 2.11 bits per heavy atom. The predicted molar refractivity (Wildman–Crippen MR) is 70.2 cm³/mol. The van der Waals surface area contributed by atoms with E-state index in [9.17, 15) is 4.79 Å². The van der Waals surface area contributed by atoms with Crippen molar-refractivity contribution in [1.82, 2.24) is 14.8 Å². The van der Waals surface area contributed by atoms with Crippen LogP contribution in [0.25, 0.3) is 0 Å². The quantitative estimate of drug-likeness (QED) is 0.863. The number of aromatic nitrogens is 3. The van der Waals surface area contributed by atoms with Gasteiger partial charge in [-0.15, -0.1) is 0 Å². The summed E-state index contributed by atoms with van der Waals surface area (Å²) in [6, 6.07) is 4.79.